The van der Waals surface area contributed by atoms with Gasteiger partial charge in [-0.1, -0.05) is 24.3 Å². The van der Waals surface area contributed by atoms with E-state index in [0.29, 0.717) is 19.4 Å². The predicted molar refractivity (Wildman–Crippen MR) is 64.7 cm³/mol. The second kappa shape index (κ2) is 4.26. The second-order valence-electron chi connectivity index (χ2n) is 4.28. The summed E-state index contributed by atoms with van der Waals surface area (Å²) in [5.41, 5.74) is 1.81. The number of hydrogen-bond acceptors (Lipinski definition) is 3. The van der Waals surface area contributed by atoms with E-state index in [-0.39, 0.29) is 11.9 Å². The summed E-state index contributed by atoms with van der Waals surface area (Å²) in [6, 6.07) is 11.9. The van der Waals surface area contributed by atoms with Crippen LogP contribution >= 0.6 is 0 Å². The molecule has 2 aromatic rings. The molecule has 2 heterocycles. The van der Waals surface area contributed by atoms with Crippen LogP contribution in [0.2, 0.25) is 0 Å². The topological polar surface area (TPSA) is 39.2 Å². The molecule has 0 amide bonds. The number of fused-ring (bicyclic) bond motifs is 1. The van der Waals surface area contributed by atoms with Crippen molar-refractivity contribution in [1.82, 2.24) is 4.98 Å². The molecule has 0 spiro atoms. The summed E-state index contributed by atoms with van der Waals surface area (Å²) in [6.45, 7) is 0.512. The molecular weight excluding hydrogens is 214 g/mol. The number of ketones is 1. The van der Waals surface area contributed by atoms with Crippen LogP contribution in [-0.4, -0.2) is 17.4 Å². The third kappa shape index (κ3) is 2.06. The summed E-state index contributed by atoms with van der Waals surface area (Å²) in [6.07, 6.45) is 0.816. The van der Waals surface area contributed by atoms with E-state index in [1.807, 2.05) is 36.4 Å². The molecule has 0 saturated carbocycles. The Bertz CT molecular complexity index is 565. The van der Waals surface area contributed by atoms with E-state index < -0.39 is 0 Å². The Balaban J connectivity index is 1.97. The lowest BCUT2D eigenvalue weighted by molar-refractivity contribution is -0.128. The van der Waals surface area contributed by atoms with Crippen LogP contribution in [0.25, 0.3) is 10.9 Å². The molecular formula is C14H13NO2. The Hall–Kier alpha value is -1.74. The van der Waals surface area contributed by atoms with E-state index in [1.165, 1.54) is 0 Å². The largest absolute Gasteiger partial charge is 0.371 e. The Morgan fingerprint density at radius 3 is 2.94 bits per heavy atom. The van der Waals surface area contributed by atoms with Crippen molar-refractivity contribution in [2.75, 3.05) is 6.61 Å². The molecule has 0 N–H and O–H groups in total. The molecule has 0 bridgehead atoms. The highest BCUT2D eigenvalue weighted by Gasteiger charge is 2.22. The highest BCUT2D eigenvalue weighted by atomic mass is 16.5. The van der Waals surface area contributed by atoms with E-state index in [9.17, 15) is 4.79 Å². The molecule has 1 aliphatic heterocycles. The molecule has 1 aliphatic rings. The second-order valence-corrected chi connectivity index (χ2v) is 4.28. The maximum atomic E-state index is 11.4. The zero-order chi connectivity index (χ0) is 11.7. The first-order valence-corrected chi connectivity index (χ1v) is 5.82. The zero-order valence-electron chi connectivity index (χ0n) is 9.43. The van der Waals surface area contributed by atoms with Crippen molar-refractivity contribution in [3.8, 4) is 0 Å². The Labute approximate surface area is 99.4 Å². The molecule has 1 aromatic carbocycles. The summed E-state index contributed by atoms with van der Waals surface area (Å²) in [5.74, 6) is 0.260. The maximum absolute atomic E-state index is 11.4. The fourth-order valence-electron chi connectivity index (χ4n) is 2.13. The number of carbonyl (C=O) groups is 1. The van der Waals surface area contributed by atoms with Gasteiger partial charge >= 0.3 is 0 Å². The van der Waals surface area contributed by atoms with E-state index in [4.69, 9.17) is 4.74 Å². The molecule has 17 heavy (non-hydrogen) atoms. The summed E-state index contributed by atoms with van der Waals surface area (Å²) in [7, 11) is 0. The Morgan fingerprint density at radius 1 is 1.18 bits per heavy atom. The van der Waals surface area contributed by atoms with Gasteiger partial charge in [0.15, 0.2) is 0 Å². The lowest BCUT2D eigenvalue weighted by Gasteiger charge is -2.21. The number of Topliss-reactive ketones (excluding diaryl/α,β-unsaturated/α-hetero) is 1. The van der Waals surface area contributed by atoms with Gasteiger partial charge in [-0.05, 0) is 12.1 Å². The van der Waals surface area contributed by atoms with E-state index in [1.54, 1.807) is 0 Å². The van der Waals surface area contributed by atoms with Gasteiger partial charge in [-0.25, -0.2) is 0 Å². The van der Waals surface area contributed by atoms with Gasteiger partial charge in [0, 0.05) is 18.2 Å². The van der Waals surface area contributed by atoms with Gasteiger partial charge in [0.25, 0.3) is 0 Å². The quantitative estimate of drug-likeness (QED) is 0.751. The number of pyridine rings is 1. The van der Waals surface area contributed by atoms with E-state index in [0.717, 1.165) is 16.6 Å². The number of hydrogen-bond donors (Lipinski definition) is 0. The smallest absolute Gasteiger partial charge is 0.138 e. The van der Waals surface area contributed by atoms with Gasteiger partial charge in [-0.3, -0.25) is 9.78 Å². The van der Waals surface area contributed by atoms with Gasteiger partial charge in [0.1, 0.15) is 11.9 Å². The van der Waals surface area contributed by atoms with Crippen molar-refractivity contribution in [1.29, 1.82) is 0 Å². The first kappa shape index (κ1) is 10.4. The molecule has 3 nitrogen and oxygen atoms in total. The van der Waals surface area contributed by atoms with Crippen LogP contribution in [0.5, 0.6) is 0 Å². The van der Waals surface area contributed by atoms with Crippen molar-refractivity contribution >= 4 is 16.7 Å². The first-order valence-electron chi connectivity index (χ1n) is 5.82. The van der Waals surface area contributed by atoms with Crippen LogP contribution < -0.4 is 0 Å². The molecule has 1 aromatic heterocycles. The Kier molecular flexibility index (Phi) is 2.61. The average Bonchev–Trinajstić information content (AvgIpc) is 2.38. The van der Waals surface area contributed by atoms with Crippen molar-refractivity contribution in [2.24, 2.45) is 0 Å². The van der Waals surface area contributed by atoms with Crippen molar-refractivity contribution in [2.45, 2.75) is 18.9 Å². The number of para-hydroxylation sites is 1. The normalized spacial score (nSPS) is 20.7. The summed E-state index contributed by atoms with van der Waals surface area (Å²) >= 11 is 0. The maximum Gasteiger partial charge on any atom is 0.138 e. The molecule has 1 saturated heterocycles. The summed E-state index contributed by atoms with van der Waals surface area (Å²) < 4.78 is 5.60. The van der Waals surface area contributed by atoms with Gasteiger partial charge in [-0.2, -0.15) is 0 Å². The van der Waals surface area contributed by atoms with Crippen LogP contribution in [-0.2, 0) is 9.53 Å². The highest BCUT2D eigenvalue weighted by Crippen LogP contribution is 2.26. The van der Waals surface area contributed by atoms with Gasteiger partial charge < -0.3 is 4.74 Å². The van der Waals surface area contributed by atoms with Gasteiger partial charge in [0.2, 0.25) is 0 Å². The third-order valence-corrected chi connectivity index (χ3v) is 3.06. The van der Waals surface area contributed by atoms with E-state index >= 15 is 0 Å². The van der Waals surface area contributed by atoms with Crippen LogP contribution in [0.4, 0.5) is 0 Å². The van der Waals surface area contributed by atoms with Crippen molar-refractivity contribution < 1.29 is 9.53 Å². The third-order valence-electron chi connectivity index (χ3n) is 3.06. The lowest BCUT2D eigenvalue weighted by atomic mass is 10.0. The molecule has 1 fully saturated rings. The van der Waals surface area contributed by atoms with Crippen molar-refractivity contribution in [3.05, 3.63) is 42.1 Å². The van der Waals surface area contributed by atoms with Crippen LogP contribution in [0.3, 0.4) is 0 Å². The minimum Gasteiger partial charge on any atom is -0.371 e. The summed E-state index contributed by atoms with van der Waals surface area (Å²) in [4.78, 5) is 16.0. The first-order chi connectivity index (χ1) is 8.33. The molecule has 3 rings (SSSR count). The molecule has 86 valence electrons. The number of rotatable bonds is 1. The highest BCUT2D eigenvalue weighted by molar-refractivity contribution is 5.80. The molecule has 3 heteroatoms. The number of carbonyl (C=O) groups excluding carboxylic acids is 1. The number of benzene rings is 1. The monoisotopic (exact) mass is 227 g/mol. The lowest BCUT2D eigenvalue weighted by Crippen LogP contribution is -2.20. The van der Waals surface area contributed by atoms with E-state index in [2.05, 4.69) is 4.98 Å². The fraction of sp³-hybridized carbons (Fsp3) is 0.286. The zero-order valence-corrected chi connectivity index (χ0v) is 9.43. The SMILES string of the molecule is O=C1CCOC(c2ccc3ccccc3n2)C1. The average molecular weight is 227 g/mol. The van der Waals surface area contributed by atoms with Crippen molar-refractivity contribution in [3.63, 3.8) is 0 Å². The minimum atomic E-state index is -0.166. The molecule has 0 radical (unpaired) electrons. The number of aromatic nitrogens is 1. The fourth-order valence-corrected chi connectivity index (χ4v) is 2.13. The molecule has 0 aliphatic carbocycles. The standard InChI is InChI=1S/C14H13NO2/c16-11-7-8-17-14(9-11)13-6-5-10-3-1-2-4-12(10)15-13/h1-6,14H,7-9H2. The Morgan fingerprint density at radius 2 is 2.06 bits per heavy atom. The molecule has 1 atom stereocenters. The molecule has 1 unspecified atom stereocenters. The van der Waals surface area contributed by atoms with Gasteiger partial charge in [0.05, 0.1) is 17.8 Å². The number of nitrogens with zero attached hydrogens (tertiary/aromatic N) is 1. The van der Waals surface area contributed by atoms with Crippen LogP contribution in [0.15, 0.2) is 36.4 Å². The number of ether oxygens (including phenoxy) is 1. The van der Waals surface area contributed by atoms with Crippen LogP contribution in [0, 0.1) is 0 Å². The minimum absolute atomic E-state index is 0.166. The predicted octanol–water partition coefficient (Wildman–Crippen LogP) is 2.66. The summed E-state index contributed by atoms with van der Waals surface area (Å²) in [5, 5.41) is 1.11. The van der Waals surface area contributed by atoms with Gasteiger partial charge in [-0.15, -0.1) is 0 Å². The van der Waals surface area contributed by atoms with Crippen LogP contribution in [0.1, 0.15) is 24.6 Å².